The molecule has 1 aromatic carbocycles. The summed E-state index contributed by atoms with van der Waals surface area (Å²) >= 11 is 0. The molecular weight excluding hydrogens is 482 g/mol. The number of primary amides is 1. The van der Waals surface area contributed by atoms with Crippen LogP contribution in [0.4, 0.5) is 5.95 Å². The maximum atomic E-state index is 13.1. The molecule has 0 spiro atoms. The van der Waals surface area contributed by atoms with Gasteiger partial charge in [0, 0.05) is 31.6 Å². The van der Waals surface area contributed by atoms with Gasteiger partial charge in [0.15, 0.2) is 0 Å². The summed E-state index contributed by atoms with van der Waals surface area (Å²) in [6.45, 7) is 4.86. The Morgan fingerprint density at radius 2 is 1.86 bits per heavy atom. The average molecular weight is 514 g/mol. The lowest BCUT2D eigenvalue weighted by atomic mass is 10.1. The fraction of sp³-hybridized carbons (Fsp3) is 0.417. The molecule has 0 bridgehead atoms. The van der Waals surface area contributed by atoms with E-state index >= 15 is 0 Å². The molecule has 4 N–H and O–H groups in total. The van der Waals surface area contributed by atoms with Gasteiger partial charge in [-0.3, -0.25) is 29.2 Å². The van der Waals surface area contributed by atoms with Crippen molar-refractivity contribution in [3.63, 3.8) is 0 Å². The smallest absolute Gasteiger partial charge is 0.306 e. The third kappa shape index (κ3) is 6.42. The Balaban J connectivity index is 1.87. The van der Waals surface area contributed by atoms with Gasteiger partial charge in [0.05, 0.1) is 31.9 Å². The summed E-state index contributed by atoms with van der Waals surface area (Å²) < 4.78 is 13.4. The number of rotatable bonds is 12. The third-order valence-electron chi connectivity index (χ3n) is 5.64. The van der Waals surface area contributed by atoms with Crippen molar-refractivity contribution in [2.45, 2.75) is 46.2 Å². The SMILES string of the molecule is CCn1nc(C)cc1C(=O)Nc1nc2cc(C(N)=O)cc(OC)c2n1CCCNC(=O)CCC(=O)OC. The van der Waals surface area contributed by atoms with E-state index in [1.807, 2.05) is 6.92 Å². The van der Waals surface area contributed by atoms with Crippen molar-refractivity contribution in [3.8, 4) is 5.75 Å². The Hall–Kier alpha value is -4.42. The van der Waals surface area contributed by atoms with Crippen LogP contribution in [0.3, 0.4) is 0 Å². The Bertz CT molecular complexity index is 1330. The quantitative estimate of drug-likeness (QED) is 0.241. The molecule has 0 saturated heterocycles. The van der Waals surface area contributed by atoms with Gasteiger partial charge in [-0.25, -0.2) is 4.98 Å². The number of hydrogen-bond acceptors (Lipinski definition) is 8. The van der Waals surface area contributed by atoms with Crippen LogP contribution in [0.1, 0.15) is 52.7 Å². The van der Waals surface area contributed by atoms with E-state index in [1.165, 1.54) is 26.4 Å². The van der Waals surface area contributed by atoms with Crippen molar-refractivity contribution in [2.24, 2.45) is 5.73 Å². The lowest BCUT2D eigenvalue weighted by Gasteiger charge is -2.13. The molecule has 3 amide bonds. The average Bonchev–Trinajstić information content (AvgIpc) is 3.43. The molecule has 37 heavy (non-hydrogen) atoms. The highest BCUT2D eigenvalue weighted by Crippen LogP contribution is 2.31. The highest BCUT2D eigenvalue weighted by Gasteiger charge is 2.21. The number of carbonyl (C=O) groups is 4. The van der Waals surface area contributed by atoms with Crippen LogP contribution < -0.4 is 21.1 Å². The first-order chi connectivity index (χ1) is 17.7. The number of amides is 3. The molecule has 3 rings (SSSR count). The number of benzene rings is 1. The van der Waals surface area contributed by atoms with Crippen LogP contribution in [0.2, 0.25) is 0 Å². The minimum atomic E-state index is -0.641. The Labute approximate surface area is 213 Å². The number of nitrogens with one attached hydrogen (secondary N) is 2. The number of anilines is 1. The molecule has 0 fully saturated rings. The molecule has 198 valence electrons. The molecular formula is C24H31N7O6. The molecule has 13 nitrogen and oxygen atoms in total. The van der Waals surface area contributed by atoms with E-state index in [1.54, 1.807) is 22.2 Å². The van der Waals surface area contributed by atoms with Gasteiger partial charge in [-0.1, -0.05) is 0 Å². The summed E-state index contributed by atoms with van der Waals surface area (Å²) in [7, 11) is 2.73. The van der Waals surface area contributed by atoms with E-state index in [4.69, 9.17) is 10.5 Å². The van der Waals surface area contributed by atoms with Crippen molar-refractivity contribution in [1.29, 1.82) is 0 Å². The molecule has 13 heteroatoms. The number of methoxy groups -OCH3 is 2. The van der Waals surface area contributed by atoms with Gasteiger partial charge in [-0.15, -0.1) is 0 Å². The van der Waals surface area contributed by atoms with Crippen molar-refractivity contribution in [3.05, 3.63) is 35.2 Å². The molecule has 2 aromatic heterocycles. The third-order valence-corrected chi connectivity index (χ3v) is 5.64. The molecule has 0 aliphatic heterocycles. The number of hydrogen-bond donors (Lipinski definition) is 3. The summed E-state index contributed by atoms with van der Waals surface area (Å²) in [5.41, 5.74) is 7.72. The predicted octanol–water partition coefficient (Wildman–Crippen LogP) is 1.38. The zero-order chi connectivity index (χ0) is 27.1. The van der Waals surface area contributed by atoms with Gasteiger partial charge < -0.3 is 25.1 Å². The number of fused-ring (bicyclic) bond motifs is 1. The fourth-order valence-corrected chi connectivity index (χ4v) is 3.85. The first kappa shape index (κ1) is 27.2. The van der Waals surface area contributed by atoms with Gasteiger partial charge in [-0.2, -0.15) is 5.10 Å². The summed E-state index contributed by atoms with van der Waals surface area (Å²) in [5.74, 6) is -1.18. The lowest BCUT2D eigenvalue weighted by Crippen LogP contribution is -2.26. The fourth-order valence-electron chi connectivity index (χ4n) is 3.85. The molecule has 0 saturated carbocycles. The van der Waals surface area contributed by atoms with Gasteiger partial charge >= 0.3 is 5.97 Å². The summed E-state index contributed by atoms with van der Waals surface area (Å²) in [6.07, 6.45) is 0.499. The number of nitrogens with zero attached hydrogens (tertiary/aromatic N) is 4. The van der Waals surface area contributed by atoms with Crippen LogP contribution in [0, 0.1) is 6.92 Å². The van der Waals surface area contributed by atoms with Gasteiger partial charge in [0.1, 0.15) is 17.0 Å². The number of imidazole rings is 1. The minimum absolute atomic E-state index is 0.00210. The summed E-state index contributed by atoms with van der Waals surface area (Å²) in [4.78, 5) is 52.7. The standard InChI is InChI=1S/C24H31N7O6/c1-5-31-17(11-14(2)29-31)23(35)28-24-27-16-12-15(22(25)34)13-18(36-3)21(16)30(24)10-6-9-26-19(32)7-8-20(33)37-4/h11-13H,5-10H2,1-4H3,(H2,25,34)(H,26,32)(H,27,28,35). The normalized spacial score (nSPS) is 10.8. The van der Waals surface area contributed by atoms with Crippen LogP contribution in [0.5, 0.6) is 5.75 Å². The first-order valence-corrected chi connectivity index (χ1v) is 11.8. The van der Waals surface area contributed by atoms with Gasteiger partial charge in [-0.05, 0) is 38.5 Å². The zero-order valence-electron chi connectivity index (χ0n) is 21.3. The van der Waals surface area contributed by atoms with Crippen LogP contribution in [0.25, 0.3) is 11.0 Å². The molecule has 0 radical (unpaired) electrons. The van der Waals surface area contributed by atoms with Crippen LogP contribution in [-0.4, -0.2) is 63.8 Å². The molecule has 0 aliphatic rings. The van der Waals surface area contributed by atoms with E-state index in [-0.39, 0.29) is 30.3 Å². The maximum absolute atomic E-state index is 13.1. The van der Waals surface area contributed by atoms with Gasteiger partial charge in [0.2, 0.25) is 17.8 Å². The highest BCUT2D eigenvalue weighted by molar-refractivity contribution is 6.04. The minimum Gasteiger partial charge on any atom is -0.494 e. The van der Waals surface area contributed by atoms with Crippen LogP contribution in [-0.2, 0) is 27.4 Å². The van der Waals surface area contributed by atoms with E-state index in [0.29, 0.717) is 54.2 Å². The van der Waals surface area contributed by atoms with E-state index in [9.17, 15) is 19.2 Å². The van der Waals surface area contributed by atoms with Crippen LogP contribution in [0.15, 0.2) is 18.2 Å². The number of aromatic nitrogens is 4. The number of esters is 1. The summed E-state index contributed by atoms with van der Waals surface area (Å²) in [6, 6.07) is 4.72. The molecule has 3 aromatic rings. The molecule has 2 heterocycles. The topological polar surface area (TPSA) is 172 Å². The van der Waals surface area contributed by atoms with E-state index < -0.39 is 17.8 Å². The number of carbonyl (C=O) groups excluding carboxylic acids is 4. The Kier molecular flexibility index (Phi) is 8.82. The second-order valence-corrected chi connectivity index (χ2v) is 8.22. The van der Waals surface area contributed by atoms with Crippen molar-refractivity contribution < 1.29 is 28.7 Å². The van der Waals surface area contributed by atoms with Gasteiger partial charge in [0.25, 0.3) is 5.91 Å². The Morgan fingerprint density at radius 3 is 2.51 bits per heavy atom. The molecule has 0 aliphatic carbocycles. The first-order valence-electron chi connectivity index (χ1n) is 11.8. The number of nitrogens with two attached hydrogens (primary N) is 1. The maximum Gasteiger partial charge on any atom is 0.306 e. The molecule has 0 atom stereocenters. The number of aryl methyl sites for hydroxylation is 3. The Morgan fingerprint density at radius 1 is 1.11 bits per heavy atom. The van der Waals surface area contributed by atoms with Crippen molar-refractivity contribution in [2.75, 3.05) is 26.1 Å². The van der Waals surface area contributed by atoms with E-state index in [2.05, 4.69) is 25.5 Å². The second kappa shape index (κ2) is 12.0. The lowest BCUT2D eigenvalue weighted by molar-refractivity contribution is -0.142. The monoisotopic (exact) mass is 513 g/mol. The largest absolute Gasteiger partial charge is 0.494 e. The van der Waals surface area contributed by atoms with E-state index in [0.717, 1.165) is 0 Å². The number of ether oxygens (including phenoxy) is 2. The van der Waals surface area contributed by atoms with Crippen molar-refractivity contribution >= 4 is 40.7 Å². The molecule has 0 unspecified atom stereocenters. The summed E-state index contributed by atoms with van der Waals surface area (Å²) in [5, 5.41) is 9.90. The zero-order valence-corrected chi connectivity index (χ0v) is 21.3. The highest BCUT2D eigenvalue weighted by atomic mass is 16.5. The van der Waals surface area contributed by atoms with Crippen LogP contribution >= 0.6 is 0 Å². The second-order valence-electron chi connectivity index (χ2n) is 8.22. The predicted molar refractivity (Wildman–Crippen MR) is 134 cm³/mol. The van der Waals surface area contributed by atoms with Crippen molar-refractivity contribution in [1.82, 2.24) is 24.6 Å².